The number of hydrogen-bond acceptors (Lipinski definition) is 2. The van der Waals surface area contributed by atoms with Gasteiger partial charge >= 0.3 is 0 Å². The van der Waals surface area contributed by atoms with Crippen LogP contribution in [0.3, 0.4) is 0 Å². The Morgan fingerprint density at radius 3 is 2.67 bits per heavy atom. The van der Waals surface area contributed by atoms with Crippen molar-refractivity contribution in [3.63, 3.8) is 0 Å². The molecule has 1 unspecified atom stereocenters. The van der Waals surface area contributed by atoms with Crippen molar-refractivity contribution in [2.75, 3.05) is 0 Å². The van der Waals surface area contributed by atoms with E-state index < -0.39 is 0 Å². The fourth-order valence-electron chi connectivity index (χ4n) is 0.547. The van der Waals surface area contributed by atoms with Crippen molar-refractivity contribution >= 4 is 27.3 Å². The van der Waals surface area contributed by atoms with Crippen molar-refractivity contribution in [3.8, 4) is 0 Å². The second kappa shape index (κ2) is 2.82. The summed E-state index contributed by atoms with van der Waals surface area (Å²) >= 11 is 4.86. The fourth-order valence-corrected chi connectivity index (χ4v) is 1.93. The van der Waals surface area contributed by atoms with Crippen molar-refractivity contribution in [3.05, 3.63) is 20.8 Å². The lowest BCUT2D eigenvalue weighted by molar-refractivity contribution is 0.203. The predicted octanol–water partition coefficient (Wildman–Crippen LogP) is 2.56. The van der Waals surface area contributed by atoms with Gasteiger partial charge in [-0.2, -0.15) is 0 Å². The Bertz CT molecular complexity index is 195. The van der Waals surface area contributed by atoms with Gasteiger partial charge in [-0.3, -0.25) is 0 Å². The van der Waals surface area contributed by atoms with E-state index in [2.05, 4.69) is 15.9 Å². The van der Waals surface area contributed by atoms with E-state index in [1.165, 1.54) is 0 Å². The van der Waals surface area contributed by atoms with Crippen LogP contribution < -0.4 is 0 Å². The molecule has 0 fully saturated rings. The molecule has 0 aliphatic carbocycles. The van der Waals surface area contributed by atoms with Crippen LogP contribution in [-0.4, -0.2) is 5.11 Å². The zero-order chi connectivity index (χ0) is 6.85. The van der Waals surface area contributed by atoms with Crippen LogP contribution in [0.25, 0.3) is 0 Å². The quantitative estimate of drug-likeness (QED) is 0.750. The highest BCUT2D eigenvalue weighted by molar-refractivity contribution is 9.10. The smallest absolute Gasteiger partial charge is 0.0854 e. The van der Waals surface area contributed by atoms with Crippen molar-refractivity contribution in [1.29, 1.82) is 0 Å². The van der Waals surface area contributed by atoms with Gasteiger partial charge in [-0.25, -0.2) is 0 Å². The van der Waals surface area contributed by atoms with Crippen molar-refractivity contribution in [1.82, 2.24) is 0 Å². The summed E-state index contributed by atoms with van der Waals surface area (Å²) in [5.74, 6) is 0. The molecule has 0 aromatic carbocycles. The Morgan fingerprint density at radius 2 is 2.44 bits per heavy atom. The third kappa shape index (κ3) is 1.78. The average Bonchev–Trinajstić information content (AvgIpc) is 2.14. The van der Waals surface area contributed by atoms with E-state index in [4.69, 9.17) is 5.11 Å². The molecule has 3 heteroatoms. The van der Waals surface area contributed by atoms with Gasteiger partial charge < -0.3 is 5.11 Å². The van der Waals surface area contributed by atoms with E-state index in [1.54, 1.807) is 18.3 Å². The summed E-state index contributed by atoms with van der Waals surface area (Å²) in [6.45, 7) is 1.76. The molecule has 0 radical (unpaired) electrons. The van der Waals surface area contributed by atoms with Crippen LogP contribution in [0.15, 0.2) is 15.9 Å². The second-order valence-electron chi connectivity index (χ2n) is 1.84. The molecular formula is C6H7BrOS. The Hall–Kier alpha value is 0.140. The predicted molar refractivity (Wildman–Crippen MR) is 42.7 cm³/mol. The summed E-state index contributed by atoms with van der Waals surface area (Å²) in [5, 5.41) is 11.0. The first-order chi connectivity index (χ1) is 4.20. The molecule has 0 aliphatic heterocycles. The van der Waals surface area contributed by atoms with E-state index in [-0.39, 0.29) is 6.10 Å². The van der Waals surface area contributed by atoms with Crippen molar-refractivity contribution < 1.29 is 5.11 Å². The van der Waals surface area contributed by atoms with E-state index in [0.717, 1.165) is 9.35 Å². The van der Waals surface area contributed by atoms with Gasteiger partial charge in [0.05, 0.1) is 6.10 Å². The Balaban J connectivity index is 2.85. The maximum absolute atomic E-state index is 9.03. The van der Waals surface area contributed by atoms with E-state index in [1.807, 2.05) is 11.4 Å². The summed E-state index contributed by atoms with van der Waals surface area (Å²) in [5.41, 5.74) is 0. The molecule has 1 N–H and O–H groups in total. The van der Waals surface area contributed by atoms with Gasteiger partial charge in [0.25, 0.3) is 0 Å². The van der Waals surface area contributed by atoms with E-state index in [0.29, 0.717) is 0 Å². The van der Waals surface area contributed by atoms with Crippen LogP contribution >= 0.6 is 27.3 Å². The molecule has 0 saturated carbocycles. The standard InChI is InChI=1S/C6H7BrOS/c1-4(8)6-2-5(7)3-9-6/h2-4,8H,1H3. The zero-order valence-electron chi connectivity index (χ0n) is 4.97. The number of halogens is 1. The Labute approximate surface area is 66.5 Å². The summed E-state index contributed by atoms with van der Waals surface area (Å²) in [4.78, 5) is 1.00. The lowest BCUT2D eigenvalue weighted by Crippen LogP contribution is -1.83. The summed E-state index contributed by atoms with van der Waals surface area (Å²) in [6.07, 6.45) is -0.332. The molecular weight excluding hydrogens is 200 g/mol. The van der Waals surface area contributed by atoms with Gasteiger partial charge in [0.2, 0.25) is 0 Å². The Kier molecular flexibility index (Phi) is 2.27. The van der Waals surface area contributed by atoms with Gasteiger partial charge in [-0.05, 0) is 28.9 Å². The molecule has 0 saturated heterocycles. The first kappa shape index (κ1) is 7.25. The molecule has 1 nitrogen and oxygen atoms in total. The minimum absolute atomic E-state index is 0.332. The minimum Gasteiger partial charge on any atom is -0.388 e. The largest absolute Gasteiger partial charge is 0.388 e. The summed E-state index contributed by atoms with van der Waals surface area (Å²) < 4.78 is 1.04. The van der Waals surface area contributed by atoms with Crippen LogP contribution in [0.4, 0.5) is 0 Å². The minimum atomic E-state index is -0.332. The fraction of sp³-hybridized carbons (Fsp3) is 0.333. The van der Waals surface area contributed by atoms with Gasteiger partial charge in [0, 0.05) is 14.7 Å². The molecule has 0 spiro atoms. The molecule has 0 amide bonds. The average molecular weight is 207 g/mol. The highest BCUT2D eigenvalue weighted by Crippen LogP contribution is 2.24. The molecule has 1 rings (SSSR count). The number of thiophene rings is 1. The molecule has 1 atom stereocenters. The monoisotopic (exact) mass is 206 g/mol. The lowest BCUT2D eigenvalue weighted by Gasteiger charge is -1.95. The Morgan fingerprint density at radius 1 is 1.78 bits per heavy atom. The summed E-state index contributed by atoms with van der Waals surface area (Å²) in [6, 6.07) is 1.93. The molecule has 1 heterocycles. The van der Waals surface area contributed by atoms with Crippen molar-refractivity contribution in [2.24, 2.45) is 0 Å². The third-order valence-corrected chi connectivity index (χ3v) is 2.86. The second-order valence-corrected chi connectivity index (χ2v) is 3.70. The number of aliphatic hydroxyl groups excluding tert-OH is 1. The molecule has 1 aromatic heterocycles. The van der Waals surface area contributed by atoms with Gasteiger partial charge in [0.1, 0.15) is 0 Å². The van der Waals surface area contributed by atoms with Crippen LogP contribution in [-0.2, 0) is 0 Å². The van der Waals surface area contributed by atoms with Crippen LogP contribution in [0, 0.1) is 0 Å². The molecule has 9 heavy (non-hydrogen) atoms. The maximum atomic E-state index is 9.03. The number of hydrogen-bond donors (Lipinski definition) is 1. The molecule has 0 bridgehead atoms. The topological polar surface area (TPSA) is 20.2 Å². The number of aliphatic hydroxyl groups is 1. The van der Waals surface area contributed by atoms with Crippen molar-refractivity contribution in [2.45, 2.75) is 13.0 Å². The SMILES string of the molecule is CC(O)c1cc(Br)cs1. The van der Waals surface area contributed by atoms with Gasteiger partial charge in [-0.1, -0.05) is 0 Å². The van der Waals surface area contributed by atoms with Crippen LogP contribution in [0.2, 0.25) is 0 Å². The normalized spacial score (nSPS) is 13.7. The van der Waals surface area contributed by atoms with Gasteiger partial charge in [-0.15, -0.1) is 11.3 Å². The van der Waals surface area contributed by atoms with Crippen LogP contribution in [0.5, 0.6) is 0 Å². The lowest BCUT2D eigenvalue weighted by atomic mass is 10.3. The van der Waals surface area contributed by atoms with E-state index in [9.17, 15) is 0 Å². The third-order valence-electron chi connectivity index (χ3n) is 0.999. The molecule has 1 aromatic rings. The molecule has 50 valence electrons. The van der Waals surface area contributed by atoms with Gasteiger partial charge in [0.15, 0.2) is 0 Å². The first-order valence-corrected chi connectivity index (χ1v) is 4.29. The first-order valence-electron chi connectivity index (χ1n) is 2.62. The highest BCUT2D eigenvalue weighted by Gasteiger charge is 2.01. The summed E-state index contributed by atoms with van der Waals surface area (Å²) in [7, 11) is 0. The van der Waals surface area contributed by atoms with E-state index >= 15 is 0 Å². The van der Waals surface area contributed by atoms with Crippen LogP contribution in [0.1, 0.15) is 17.9 Å². The number of rotatable bonds is 1. The zero-order valence-corrected chi connectivity index (χ0v) is 7.37. The maximum Gasteiger partial charge on any atom is 0.0854 e. The molecule has 0 aliphatic rings. The highest BCUT2D eigenvalue weighted by atomic mass is 79.9.